The molecule has 78 valence electrons. The number of rotatable bonds is 8. The van der Waals surface area contributed by atoms with Gasteiger partial charge in [-0.25, -0.2) is 0 Å². The molecule has 0 aromatic heterocycles. The standard InChI is InChI=1S/C9H18O3S/c1-2-3-4-5-7-13(12)8-6-9(10)11/h2-8H2,1H3,(H,10,11)/t13-/m1/s1. The van der Waals surface area contributed by atoms with Crippen molar-refractivity contribution in [1.82, 2.24) is 0 Å². The molecule has 0 aliphatic rings. The Bertz CT molecular complexity index is 168. The third kappa shape index (κ3) is 9.53. The molecule has 0 aliphatic carbocycles. The van der Waals surface area contributed by atoms with Crippen LogP contribution in [0.4, 0.5) is 0 Å². The Morgan fingerprint density at radius 3 is 2.46 bits per heavy atom. The van der Waals surface area contributed by atoms with Crippen molar-refractivity contribution in [3.05, 3.63) is 0 Å². The maximum Gasteiger partial charge on any atom is 0.304 e. The van der Waals surface area contributed by atoms with Gasteiger partial charge < -0.3 is 5.11 Å². The van der Waals surface area contributed by atoms with E-state index < -0.39 is 16.8 Å². The summed E-state index contributed by atoms with van der Waals surface area (Å²) in [5.41, 5.74) is 0. The van der Waals surface area contributed by atoms with E-state index in [2.05, 4.69) is 6.92 Å². The summed E-state index contributed by atoms with van der Waals surface area (Å²) in [6.07, 6.45) is 4.44. The molecule has 0 aliphatic heterocycles. The van der Waals surface area contributed by atoms with Crippen molar-refractivity contribution in [2.75, 3.05) is 11.5 Å². The fraction of sp³-hybridized carbons (Fsp3) is 0.889. The number of carbonyl (C=O) groups is 1. The Hall–Kier alpha value is -0.380. The van der Waals surface area contributed by atoms with Crippen LogP contribution in [0.5, 0.6) is 0 Å². The zero-order chi connectivity index (χ0) is 10.1. The molecule has 0 spiro atoms. The highest BCUT2D eigenvalue weighted by Gasteiger charge is 2.02. The largest absolute Gasteiger partial charge is 0.481 e. The van der Waals surface area contributed by atoms with E-state index in [4.69, 9.17) is 5.11 Å². The van der Waals surface area contributed by atoms with Crippen molar-refractivity contribution in [3.8, 4) is 0 Å². The number of aliphatic carboxylic acids is 1. The Morgan fingerprint density at radius 1 is 1.23 bits per heavy atom. The summed E-state index contributed by atoms with van der Waals surface area (Å²) in [5.74, 6) is 0.108. The highest BCUT2D eigenvalue weighted by molar-refractivity contribution is 7.84. The van der Waals surface area contributed by atoms with Crippen LogP contribution in [0.1, 0.15) is 39.0 Å². The second-order valence-corrected chi connectivity index (χ2v) is 4.75. The summed E-state index contributed by atoms with van der Waals surface area (Å²) in [6.45, 7) is 2.13. The quantitative estimate of drug-likeness (QED) is 0.616. The molecule has 4 heteroatoms. The SMILES string of the molecule is CCCCCC[S@@](=O)CCC(=O)O. The molecule has 0 rings (SSSR count). The van der Waals surface area contributed by atoms with E-state index in [0.29, 0.717) is 11.5 Å². The molecule has 0 bridgehead atoms. The van der Waals surface area contributed by atoms with Crippen molar-refractivity contribution >= 4 is 16.8 Å². The Labute approximate surface area is 82.0 Å². The van der Waals surface area contributed by atoms with Gasteiger partial charge in [0.05, 0.1) is 6.42 Å². The first kappa shape index (κ1) is 12.6. The van der Waals surface area contributed by atoms with Gasteiger partial charge in [0, 0.05) is 22.3 Å². The van der Waals surface area contributed by atoms with Crippen LogP contribution in [0, 0.1) is 0 Å². The fourth-order valence-corrected chi connectivity index (χ4v) is 2.13. The predicted molar refractivity (Wildman–Crippen MR) is 54.3 cm³/mol. The molecule has 0 aromatic rings. The van der Waals surface area contributed by atoms with Gasteiger partial charge in [-0.3, -0.25) is 9.00 Å². The Kier molecular flexibility index (Phi) is 7.99. The summed E-state index contributed by atoms with van der Waals surface area (Å²) >= 11 is 0. The summed E-state index contributed by atoms with van der Waals surface area (Å²) in [4.78, 5) is 10.1. The molecule has 1 atom stereocenters. The molecule has 13 heavy (non-hydrogen) atoms. The normalized spacial score (nSPS) is 12.7. The first-order valence-electron chi connectivity index (χ1n) is 4.73. The fourth-order valence-electron chi connectivity index (χ4n) is 0.993. The molecule has 0 aromatic carbocycles. The van der Waals surface area contributed by atoms with E-state index in [0.717, 1.165) is 12.8 Å². The highest BCUT2D eigenvalue weighted by Crippen LogP contribution is 2.01. The molecule has 0 unspecified atom stereocenters. The predicted octanol–water partition coefficient (Wildman–Crippen LogP) is 1.79. The minimum atomic E-state index is -0.925. The van der Waals surface area contributed by atoms with Crippen LogP contribution in [0.2, 0.25) is 0 Å². The summed E-state index contributed by atoms with van der Waals surface area (Å²) in [6, 6.07) is 0. The smallest absolute Gasteiger partial charge is 0.304 e. The maximum absolute atomic E-state index is 11.2. The molecule has 0 radical (unpaired) electrons. The summed E-state index contributed by atoms with van der Waals surface area (Å²) in [5, 5.41) is 8.34. The van der Waals surface area contributed by atoms with Crippen molar-refractivity contribution in [3.63, 3.8) is 0 Å². The molecular formula is C9H18O3S. The lowest BCUT2D eigenvalue weighted by Crippen LogP contribution is -2.07. The van der Waals surface area contributed by atoms with Crippen LogP contribution in [0.3, 0.4) is 0 Å². The van der Waals surface area contributed by atoms with Crippen LogP contribution < -0.4 is 0 Å². The van der Waals surface area contributed by atoms with E-state index in [9.17, 15) is 9.00 Å². The van der Waals surface area contributed by atoms with Crippen LogP contribution in [0.15, 0.2) is 0 Å². The Morgan fingerprint density at radius 2 is 1.92 bits per heavy atom. The van der Waals surface area contributed by atoms with Crippen molar-refractivity contribution in [2.24, 2.45) is 0 Å². The van der Waals surface area contributed by atoms with Gasteiger partial charge in [0.15, 0.2) is 0 Å². The molecule has 0 fully saturated rings. The number of hydrogen-bond acceptors (Lipinski definition) is 2. The van der Waals surface area contributed by atoms with E-state index >= 15 is 0 Å². The molecule has 0 heterocycles. The zero-order valence-corrected chi connectivity index (χ0v) is 8.94. The average Bonchev–Trinajstić information content (AvgIpc) is 2.09. The maximum atomic E-state index is 11.2. The van der Waals surface area contributed by atoms with Gasteiger partial charge in [-0.15, -0.1) is 0 Å². The minimum absolute atomic E-state index is 0.0282. The first-order valence-corrected chi connectivity index (χ1v) is 6.22. The first-order chi connectivity index (χ1) is 6.16. The van der Waals surface area contributed by atoms with Crippen LogP contribution >= 0.6 is 0 Å². The third-order valence-electron chi connectivity index (χ3n) is 1.77. The van der Waals surface area contributed by atoms with E-state index in [-0.39, 0.29) is 6.42 Å². The van der Waals surface area contributed by atoms with E-state index in [1.807, 2.05) is 0 Å². The van der Waals surface area contributed by atoms with Gasteiger partial charge in [-0.1, -0.05) is 26.2 Å². The topological polar surface area (TPSA) is 54.4 Å². The molecule has 0 saturated heterocycles. The zero-order valence-electron chi connectivity index (χ0n) is 8.12. The third-order valence-corrected chi connectivity index (χ3v) is 3.17. The van der Waals surface area contributed by atoms with Gasteiger partial charge in [-0.05, 0) is 6.42 Å². The molecule has 0 saturated carbocycles. The van der Waals surface area contributed by atoms with Gasteiger partial charge >= 0.3 is 5.97 Å². The van der Waals surface area contributed by atoms with Crippen LogP contribution in [-0.4, -0.2) is 26.8 Å². The summed E-state index contributed by atoms with van der Waals surface area (Å²) < 4.78 is 11.2. The lowest BCUT2D eigenvalue weighted by molar-refractivity contribution is -0.136. The number of carboxylic acid groups (broad SMARTS) is 1. The van der Waals surface area contributed by atoms with Gasteiger partial charge in [-0.2, -0.15) is 0 Å². The van der Waals surface area contributed by atoms with Crippen molar-refractivity contribution < 1.29 is 14.1 Å². The number of carboxylic acids is 1. The lowest BCUT2D eigenvalue weighted by Gasteiger charge is -1.99. The van der Waals surface area contributed by atoms with Gasteiger partial charge in [0.1, 0.15) is 0 Å². The van der Waals surface area contributed by atoms with Crippen molar-refractivity contribution in [1.29, 1.82) is 0 Å². The lowest BCUT2D eigenvalue weighted by atomic mass is 10.2. The van der Waals surface area contributed by atoms with E-state index in [1.54, 1.807) is 0 Å². The molecule has 0 amide bonds. The van der Waals surface area contributed by atoms with Crippen LogP contribution in [-0.2, 0) is 15.6 Å². The highest BCUT2D eigenvalue weighted by atomic mass is 32.2. The second-order valence-electron chi connectivity index (χ2n) is 3.05. The summed E-state index contributed by atoms with van der Waals surface area (Å²) in [7, 11) is -0.925. The molecule has 1 N–H and O–H groups in total. The minimum Gasteiger partial charge on any atom is -0.481 e. The Balaban J connectivity index is 3.25. The van der Waals surface area contributed by atoms with E-state index in [1.165, 1.54) is 12.8 Å². The number of hydrogen-bond donors (Lipinski definition) is 1. The van der Waals surface area contributed by atoms with Crippen LogP contribution in [0.25, 0.3) is 0 Å². The monoisotopic (exact) mass is 206 g/mol. The molecular weight excluding hydrogens is 188 g/mol. The van der Waals surface area contributed by atoms with Gasteiger partial charge in [0.2, 0.25) is 0 Å². The molecule has 3 nitrogen and oxygen atoms in total. The van der Waals surface area contributed by atoms with Gasteiger partial charge in [0.25, 0.3) is 0 Å². The second kappa shape index (κ2) is 8.23. The number of unbranched alkanes of at least 4 members (excludes halogenated alkanes) is 3. The average molecular weight is 206 g/mol. The van der Waals surface area contributed by atoms with Crippen molar-refractivity contribution in [2.45, 2.75) is 39.0 Å².